The molecule has 1 aromatic heterocycles. The summed E-state index contributed by atoms with van der Waals surface area (Å²) in [5, 5.41) is 4.79. The molecule has 7 heteroatoms. The van der Waals surface area contributed by atoms with Crippen molar-refractivity contribution in [2.75, 3.05) is 18.5 Å². The van der Waals surface area contributed by atoms with Crippen LogP contribution in [0.25, 0.3) is 0 Å². The van der Waals surface area contributed by atoms with Gasteiger partial charge in [-0.25, -0.2) is 14.8 Å². The largest absolute Gasteiger partial charge is 0.465 e. The summed E-state index contributed by atoms with van der Waals surface area (Å²) in [7, 11) is 0. The lowest BCUT2D eigenvalue weighted by Gasteiger charge is -2.06. The third kappa shape index (κ3) is 4.36. The molecule has 0 bridgehead atoms. The molecule has 16 heavy (non-hydrogen) atoms. The Hall–Kier alpha value is -2.18. The Labute approximate surface area is 92.2 Å². The summed E-state index contributed by atoms with van der Waals surface area (Å²) in [6.07, 6.45) is 4.23. The molecule has 0 aliphatic rings. The van der Waals surface area contributed by atoms with Crippen molar-refractivity contribution < 1.29 is 14.3 Å². The Balaban J connectivity index is 2.29. The fourth-order valence-electron chi connectivity index (χ4n) is 0.903. The molecule has 2 amide bonds. The first-order valence-electron chi connectivity index (χ1n) is 4.68. The second-order valence-electron chi connectivity index (χ2n) is 2.74. The zero-order chi connectivity index (χ0) is 11.8. The van der Waals surface area contributed by atoms with E-state index in [0.29, 0.717) is 5.69 Å². The summed E-state index contributed by atoms with van der Waals surface area (Å²) >= 11 is 0. The number of hydrogen-bond acceptors (Lipinski definition) is 5. The molecular weight excluding hydrogens is 212 g/mol. The summed E-state index contributed by atoms with van der Waals surface area (Å²) in [6, 6.07) is -0.511. The number of hydrogen-bond donors (Lipinski definition) is 2. The Kier molecular flexibility index (Phi) is 4.71. The number of aromatic nitrogens is 2. The SMILES string of the molecule is CCOC(=O)CNC(=O)Nc1cncnc1. The first-order valence-corrected chi connectivity index (χ1v) is 4.68. The number of ether oxygens (including phenoxy) is 1. The number of carbonyl (C=O) groups is 2. The van der Waals surface area contributed by atoms with E-state index >= 15 is 0 Å². The van der Waals surface area contributed by atoms with Gasteiger partial charge < -0.3 is 15.4 Å². The molecule has 0 unspecified atom stereocenters. The number of anilines is 1. The van der Waals surface area contributed by atoms with Gasteiger partial charge in [-0.2, -0.15) is 0 Å². The summed E-state index contributed by atoms with van der Waals surface area (Å²) in [5.74, 6) is -0.484. The van der Waals surface area contributed by atoms with Gasteiger partial charge in [-0.1, -0.05) is 0 Å². The predicted octanol–water partition coefficient (Wildman–Crippen LogP) is 0.161. The van der Waals surface area contributed by atoms with Gasteiger partial charge in [0.15, 0.2) is 0 Å². The van der Waals surface area contributed by atoms with E-state index in [1.165, 1.54) is 18.7 Å². The molecule has 2 N–H and O–H groups in total. The Morgan fingerprint density at radius 3 is 2.69 bits per heavy atom. The minimum atomic E-state index is -0.511. The van der Waals surface area contributed by atoms with Crippen LogP contribution in [0.1, 0.15) is 6.92 Å². The first-order chi connectivity index (χ1) is 7.72. The number of amides is 2. The molecule has 0 radical (unpaired) electrons. The van der Waals surface area contributed by atoms with Gasteiger partial charge in [0, 0.05) is 0 Å². The molecule has 0 spiro atoms. The minimum absolute atomic E-state index is 0.173. The van der Waals surface area contributed by atoms with Gasteiger partial charge in [0.05, 0.1) is 24.7 Å². The predicted molar refractivity (Wildman–Crippen MR) is 55.7 cm³/mol. The lowest BCUT2D eigenvalue weighted by molar-refractivity contribution is -0.141. The highest BCUT2D eigenvalue weighted by molar-refractivity contribution is 5.91. The van der Waals surface area contributed by atoms with Crippen molar-refractivity contribution in [2.45, 2.75) is 6.92 Å². The molecule has 0 fully saturated rings. The maximum absolute atomic E-state index is 11.2. The monoisotopic (exact) mass is 224 g/mol. The molecule has 86 valence electrons. The zero-order valence-electron chi connectivity index (χ0n) is 8.77. The van der Waals surface area contributed by atoms with E-state index in [-0.39, 0.29) is 13.2 Å². The van der Waals surface area contributed by atoms with Crippen molar-refractivity contribution >= 4 is 17.7 Å². The van der Waals surface area contributed by atoms with Gasteiger partial charge in [-0.05, 0) is 6.92 Å². The van der Waals surface area contributed by atoms with Gasteiger partial charge in [-0.3, -0.25) is 4.79 Å². The van der Waals surface area contributed by atoms with Crippen LogP contribution in [0.2, 0.25) is 0 Å². The van der Waals surface area contributed by atoms with Crippen molar-refractivity contribution in [3.8, 4) is 0 Å². The zero-order valence-corrected chi connectivity index (χ0v) is 8.77. The van der Waals surface area contributed by atoms with Crippen LogP contribution in [0.5, 0.6) is 0 Å². The van der Waals surface area contributed by atoms with E-state index < -0.39 is 12.0 Å². The van der Waals surface area contributed by atoms with Crippen LogP contribution in [0.4, 0.5) is 10.5 Å². The van der Waals surface area contributed by atoms with Crippen LogP contribution >= 0.6 is 0 Å². The Morgan fingerprint density at radius 2 is 2.06 bits per heavy atom. The van der Waals surface area contributed by atoms with E-state index in [1.807, 2.05) is 0 Å². The molecule has 1 aromatic rings. The van der Waals surface area contributed by atoms with Crippen molar-refractivity contribution in [2.24, 2.45) is 0 Å². The molecule has 7 nitrogen and oxygen atoms in total. The number of urea groups is 1. The molecule has 0 aliphatic carbocycles. The standard InChI is InChI=1S/C9H12N4O3/c1-2-16-8(14)5-12-9(15)13-7-3-10-6-11-4-7/h3-4,6H,2,5H2,1H3,(H2,12,13,15). The fourth-order valence-corrected chi connectivity index (χ4v) is 0.903. The maximum Gasteiger partial charge on any atom is 0.325 e. The quantitative estimate of drug-likeness (QED) is 0.710. The van der Waals surface area contributed by atoms with E-state index in [9.17, 15) is 9.59 Å². The molecule has 0 atom stereocenters. The molecule has 0 aliphatic heterocycles. The average Bonchev–Trinajstić information content (AvgIpc) is 2.28. The Morgan fingerprint density at radius 1 is 1.38 bits per heavy atom. The lowest BCUT2D eigenvalue weighted by atomic mass is 10.5. The van der Waals surface area contributed by atoms with E-state index in [4.69, 9.17) is 0 Å². The summed E-state index contributed by atoms with van der Waals surface area (Å²) < 4.78 is 4.64. The molecule has 1 heterocycles. The summed E-state index contributed by atoms with van der Waals surface area (Å²) in [5.41, 5.74) is 0.448. The summed E-state index contributed by atoms with van der Waals surface area (Å²) in [6.45, 7) is 1.81. The highest BCUT2D eigenvalue weighted by Crippen LogP contribution is 1.98. The smallest absolute Gasteiger partial charge is 0.325 e. The minimum Gasteiger partial charge on any atom is -0.465 e. The molecule has 0 saturated heterocycles. The van der Waals surface area contributed by atoms with Crippen molar-refractivity contribution in [3.63, 3.8) is 0 Å². The van der Waals surface area contributed by atoms with E-state index in [2.05, 4.69) is 25.3 Å². The molecule has 0 saturated carbocycles. The van der Waals surface area contributed by atoms with Gasteiger partial charge in [0.1, 0.15) is 12.9 Å². The van der Waals surface area contributed by atoms with Gasteiger partial charge >= 0.3 is 12.0 Å². The molecular formula is C9H12N4O3. The number of rotatable bonds is 4. The van der Waals surface area contributed by atoms with Crippen LogP contribution in [-0.2, 0) is 9.53 Å². The van der Waals surface area contributed by atoms with Gasteiger partial charge in [0.2, 0.25) is 0 Å². The average molecular weight is 224 g/mol. The Bertz CT molecular complexity index is 355. The second kappa shape index (κ2) is 6.33. The number of nitrogens with one attached hydrogen (secondary N) is 2. The highest BCUT2D eigenvalue weighted by Gasteiger charge is 2.05. The van der Waals surface area contributed by atoms with Gasteiger partial charge in [0.25, 0.3) is 0 Å². The van der Waals surface area contributed by atoms with Crippen molar-refractivity contribution in [1.29, 1.82) is 0 Å². The second-order valence-corrected chi connectivity index (χ2v) is 2.74. The van der Waals surface area contributed by atoms with Crippen LogP contribution in [0, 0.1) is 0 Å². The third-order valence-corrected chi connectivity index (χ3v) is 1.52. The third-order valence-electron chi connectivity index (χ3n) is 1.52. The van der Waals surface area contributed by atoms with E-state index in [0.717, 1.165) is 0 Å². The number of nitrogens with zero attached hydrogens (tertiary/aromatic N) is 2. The normalized spacial score (nSPS) is 9.31. The lowest BCUT2D eigenvalue weighted by Crippen LogP contribution is -2.34. The van der Waals surface area contributed by atoms with Crippen LogP contribution in [0.15, 0.2) is 18.7 Å². The molecule has 1 rings (SSSR count). The fraction of sp³-hybridized carbons (Fsp3) is 0.333. The van der Waals surface area contributed by atoms with Crippen molar-refractivity contribution in [1.82, 2.24) is 15.3 Å². The highest BCUT2D eigenvalue weighted by atomic mass is 16.5. The van der Waals surface area contributed by atoms with E-state index in [1.54, 1.807) is 6.92 Å². The first kappa shape index (κ1) is 11.9. The number of esters is 1. The van der Waals surface area contributed by atoms with Crippen LogP contribution in [-0.4, -0.2) is 35.1 Å². The van der Waals surface area contributed by atoms with Crippen LogP contribution < -0.4 is 10.6 Å². The molecule has 0 aromatic carbocycles. The van der Waals surface area contributed by atoms with Crippen molar-refractivity contribution in [3.05, 3.63) is 18.7 Å². The maximum atomic E-state index is 11.2. The summed E-state index contributed by atoms with van der Waals surface area (Å²) in [4.78, 5) is 29.6. The van der Waals surface area contributed by atoms with Gasteiger partial charge in [-0.15, -0.1) is 0 Å². The van der Waals surface area contributed by atoms with Crippen LogP contribution in [0.3, 0.4) is 0 Å². The topological polar surface area (TPSA) is 93.2 Å². The number of carbonyl (C=O) groups excluding carboxylic acids is 2.